The third kappa shape index (κ3) is 6.52. The van der Waals surface area contributed by atoms with Gasteiger partial charge in [0, 0.05) is 37.2 Å². The Morgan fingerprint density at radius 3 is 2.77 bits per heavy atom. The van der Waals surface area contributed by atoms with Gasteiger partial charge in [-0.25, -0.2) is 4.39 Å². The summed E-state index contributed by atoms with van der Waals surface area (Å²) in [5.41, 5.74) is 2.93. The molecule has 8 heteroatoms. The molecule has 164 valence electrons. The van der Waals surface area contributed by atoms with Gasteiger partial charge in [-0.15, -0.1) is 30.4 Å². The minimum atomic E-state index is -0.245. The number of guanidine groups is 1. The van der Waals surface area contributed by atoms with Gasteiger partial charge in [-0.05, 0) is 47.9 Å². The van der Waals surface area contributed by atoms with Gasteiger partial charge in [-0.2, -0.15) is 0 Å². The SMILES string of the molecule is C#CCOc1cc(CNC(=NC)NCCc2c[nH]c3cc(F)ccc23)ccc1OC.I. The molecule has 0 saturated carbocycles. The largest absolute Gasteiger partial charge is 0.493 e. The number of aromatic amines is 1. The molecule has 0 unspecified atom stereocenters. The number of benzene rings is 2. The van der Waals surface area contributed by atoms with Gasteiger partial charge in [0.05, 0.1) is 7.11 Å². The third-order valence-corrected chi connectivity index (χ3v) is 4.64. The van der Waals surface area contributed by atoms with Gasteiger partial charge < -0.3 is 25.1 Å². The molecule has 31 heavy (non-hydrogen) atoms. The van der Waals surface area contributed by atoms with Gasteiger partial charge >= 0.3 is 0 Å². The molecule has 0 bridgehead atoms. The quantitative estimate of drug-likeness (QED) is 0.177. The number of H-pyrrole nitrogens is 1. The lowest BCUT2D eigenvalue weighted by Gasteiger charge is -2.14. The van der Waals surface area contributed by atoms with E-state index in [4.69, 9.17) is 15.9 Å². The molecular weight excluding hydrogens is 510 g/mol. The molecule has 3 aromatic rings. The predicted octanol–water partition coefficient (Wildman–Crippen LogP) is 3.85. The molecule has 0 atom stereocenters. The first-order valence-electron chi connectivity index (χ1n) is 9.57. The first kappa shape index (κ1) is 24.3. The predicted molar refractivity (Wildman–Crippen MR) is 133 cm³/mol. The maximum absolute atomic E-state index is 13.3. The van der Waals surface area contributed by atoms with Gasteiger partial charge in [0.15, 0.2) is 17.5 Å². The van der Waals surface area contributed by atoms with Gasteiger partial charge in [0.1, 0.15) is 12.4 Å². The number of hydrogen-bond acceptors (Lipinski definition) is 3. The molecule has 1 aromatic heterocycles. The van der Waals surface area contributed by atoms with Crippen LogP contribution in [0.1, 0.15) is 11.1 Å². The topological polar surface area (TPSA) is 70.7 Å². The molecule has 0 aliphatic heterocycles. The molecule has 0 amide bonds. The molecule has 0 fully saturated rings. The molecule has 0 radical (unpaired) electrons. The molecule has 1 heterocycles. The standard InChI is InChI=1S/C23H25FN4O2.HI/c1-4-11-30-22-12-16(5-8-21(22)29-3)14-28-23(25-2)26-10-9-17-15-27-20-13-18(24)6-7-19(17)20;/h1,5-8,12-13,15,27H,9-11,14H2,2-3H3,(H2,25,26,28);1H. The van der Waals surface area contributed by atoms with Crippen molar-refractivity contribution in [3.05, 3.63) is 59.5 Å². The normalized spacial score (nSPS) is 10.8. The van der Waals surface area contributed by atoms with E-state index in [2.05, 4.69) is 26.5 Å². The van der Waals surface area contributed by atoms with Crippen molar-refractivity contribution in [3.8, 4) is 23.8 Å². The van der Waals surface area contributed by atoms with E-state index >= 15 is 0 Å². The van der Waals surface area contributed by atoms with E-state index in [1.807, 2.05) is 24.4 Å². The van der Waals surface area contributed by atoms with Crippen LogP contribution in [0.3, 0.4) is 0 Å². The van der Waals surface area contributed by atoms with E-state index in [0.717, 1.165) is 28.5 Å². The Labute approximate surface area is 198 Å². The van der Waals surface area contributed by atoms with Crippen LogP contribution in [-0.4, -0.2) is 38.3 Å². The summed E-state index contributed by atoms with van der Waals surface area (Å²) in [6.07, 6.45) is 7.96. The van der Waals surface area contributed by atoms with E-state index in [1.54, 1.807) is 20.2 Å². The van der Waals surface area contributed by atoms with Crippen molar-refractivity contribution in [3.63, 3.8) is 0 Å². The Hall–Kier alpha value is -2.93. The van der Waals surface area contributed by atoms with E-state index in [0.29, 0.717) is 30.5 Å². The van der Waals surface area contributed by atoms with Crippen molar-refractivity contribution in [2.75, 3.05) is 27.3 Å². The summed E-state index contributed by atoms with van der Waals surface area (Å²) in [6, 6.07) is 10.5. The summed E-state index contributed by atoms with van der Waals surface area (Å²) in [5, 5.41) is 7.60. The number of ether oxygens (including phenoxy) is 2. The maximum Gasteiger partial charge on any atom is 0.191 e. The highest BCUT2D eigenvalue weighted by Gasteiger charge is 2.08. The number of hydrogen-bond donors (Lipinski definition) is 3. The molecule has 3 N–H and O–H groups in total. The number of nitrogens with one attached hydrogen (secondary N) is 3. The Morgan fingerprint density at radius 2 is 2.03 bits per heavy atom. The number of aromatic nitrogens is 1. The highest BCUT2D eigenvalue weighted by Crippen LogP contribution is 2.28. The van der Waals surface area contributed by atoms with Crippen molar-refractivity contribution in [1.82, 2.24) is 15.6 Å². The molecule has 0 spiro atoms. The fourth-order valence-electron chi connectivity index (χ4n) is 3.15. The van der Waals surface area contributed by atoms with Gasteiger partial charge in [-0.1, -0.05) is 12.0 Å². The molecule has 0 saturated heterocycles. The monoisotopic (exact) mass is 536 g/mol. The van der Waals surface area contributed by atoms with Crippen molar-refractivity contribution in [1.29, 1.82) is 0 Å². The Morgan fingerprint density at radius 1 is 1.19 bits per heavy atom. The fraction of sp³-hybridized carbons (Fsp3) is 0.261. The zero-order chi connectivity index (χ0) is 21.3. The number of methoxy groups -OCH3 is 1. The van der Waals surface area contributed by atoms with E-state index in [1.165, 1.54) is 12.1 Å². The summed E-state index contributed by atoms with van der Waals surface area (Å²) >= 11 is 0. The minimum Gasteiger partial charge on any atom is -0.493 e. The first-order chi connectivity index (χ1) is 14.6. The highest BCUT2D eigenvalue weighted by molar-refractivity contribution is 14.0. The summed E-state index contributed by atoms with van der Waals surface area (Å²) in [6.45, 7) is 1.42. The minimum absolute atomic E-state index is 0. The average molecular weight is 536 g/mol. The molecule has 3 rings (SSSR count). The number of fused-ring (bicyclic) bond motifs is 1. The van der Waals surface area contributed by atoms with E-state index < -0.39 is 0 Å². The van der Waals surface area contributed by atoms with Crippen LogP contribution in [0.15, 0.2) is 47.6 Å². The lowest BCUT2D eigenvalue weighted by molar-refractivity contribution is 0.330. The summed E-state index contributed by atoms with van der Waals surface area (Å²) in [4.78, 5) is 7.37. The fourth-order valence-corrected chi connectivity index (χ4v) is 3.15. The highest BCUT2D eigenvalue weighted by atomic mass is 127. The Kier molecular flexibility index (Phi) is 9.46. The number of halogens is 2. The second kappa shape index (κ2) is 12.1. The second-order valence-electron chi connectivity index (χ2n) is 6.58. The van der Waals surface area contributed by atoms with Crippen molar-refractivity contribution in [2.24, 2.45) is 4.99 Å². The van der Waals surface area contributed by atoms with Crippen LogP contribution < -0.4 is 20.1 Å². The van der Waals surface area contributed by atoms with Crippen LogP contribution in [0.2, 0.25) is 0 Å². The smallest absolute Gasteiger partial charge is 0.191 e. The average Bonchev–Trinajstić information content (AvgIpc) is 3.16. The van der Waals surface area contributed by atoms with Crippen LogP contribution >= 0.6 is 24.0 Å². The van der Waals surface area contributed by atoms with Crippen molar-refractivity contribution >= 4 is 40.8 Å². The molecule has 6 nitrogen and oxygen atoms in total. The molecule has 0 aliphatic rings. The van der Waals surface area contributed by atoms with Crippen molar-refractivity contribution in [2.45, 2.75) is 13.0 Å². The van der Waals surface area contributed by atoms with Crippen molar-refractivity contribution < 1.29 is 13.9 Å². The third-order valence-electron chi connectivity index (χ3n) is 4.64. The zero-order valence-electron chi connectivity index (χ0n) is 17.5. The van der Waals surface area contributed by atoms with Crippen LogP contribution in [0, 0.1) is 18.2 Å². The van der Waals surface area contributed by atoms with Gasteiger partial charge in [-0.3, -0.25) is 4.99 Å². The first-order valence-corrected chi connectivity index (χ1v) is 9.57. The number of nitrogens with zero attached hydrogens (tertiary/aromatic N) is 1. The summed E-state index contributed by atoms with van der Waals surface area (Å²) < 4.78 is 24.2. The van der Waals surface area contributed by atoms with E-state index in [9.17, 15) is 4.39 Å². The zero-order valence-corrected chi connectivity index (χ0v) is 19.8. The number of rotatable bonds is 8. The van der Waals surface area contributed by atoms with Crippen LogP contribution in [-0.2, 0) is 13.0 Å². The van der Waals surface area contributed by atoms with Gasteiger partial charge in [0.25, 0.3) is 0 Å². The molecular formula is C23H26FIN4O2. The Bertz CT molecular complexity index is 1080. The number of terminal acetylenes is 1. The lowest BCUT2D eigenvalue weighted by Crippen LogP contribution is -2.37. The maximum atomic E-state index is 13.3. The summed E-state index contributed by atoms with van der Waals surface area (Å²) in [7, 11) is 3.31. The van der Waals surface area contributed by atoms with Crippen LogP contribution in [0.5, 0.6) is 11.5 Å². The summed E-state index contributed by atoms with van der Waals surface area (Å²) in [5.74, 6) is 4.13. The number of aliphatic imine (C=N–C) groups is 1. The Balaban J connectivity index is 0.00000341. The van der Waals surface area contributed by atoms with Gasteiger partial charge in [0.2, 0.25) is 0 Å². The van der Waals surface area contributed by atoms with E-state index in [-0.39, 0.29) is 36.4 Å². The lowest BCUT2D eigenvalue weighted by atomic mass is 10.1. The molecule has 0 aliphatic carbocycles. The molecule has 2 aromatic carbocycles. The second-order valence-corrected chi connectivity index (χ2v) is 6.58. The van der Waals surface area contributed by atoms with Crippen LogP contribution in [0.25, 0.3) is 10.9 Å². The van der Waals surface area contributed by atoms with Crippen LogP contribution in [0.4, 0.5) is 4.39 Å².